The Bertz CT molecular complexity index is 532. The van der Waals surface area contributed by atoms with Gasteiger partial charge in [-0.15, -0.1) is 0 Å². The van der Waals surface area contributed by atoms with E-state index in [-0.39, 0.29) is 16.9 Å². The number of aromatic nitrogens is 2. The molecule has 6 heteroatoms. The van der Waals surface area contributed by atoms with Gasteiger partial charge in [-0.3, -0.25) is 4.79 Å². The van der Waals surface area contributed by atoms with Crippen molar-refractivity contribution in [3.63, 3.8) is 0 Å². The van der Waals surface area contributed by atoms with E-state index in [1.54, 1.807) is 0 Å². The van der Waals surface area contributed by atoms with Crippen molar-refractivity contribution in [3.8, 4) is 0 Å². The van der Waals surface area contributed by atoms with Crippen LogP contribution in [-0.2, 0) is 25.2 Å². The zero-order valence-electron chi connectivity index (χ0n) is 14.4. The first-order valence-corrected chi connectivity index (χ1v) is 7.70. The van der Waals surface area contributed by atoms with Crippen molar-refractivity contribution >= 4 is 11.7 Å². The zero-order chi connectivity index (χ0) is 16.5. The third-order valence-corrected chi connectivity index (χ3v) is 3.47. The molecule has 0 unspecified atom stereocenters. The van der Waals surface area contributed by atoms with Gasteiger partial charge in [0.05, 0.1) is 31.1 Å². The number of hydrogen-bond acceptors (Lipinski definition) is 4. The summed E-state index contributed by atoms with van der Waals surface area (Å²) < 4.78 is 12.6. The zero-order valence-corrected chi connectivity index (χ0v) is 14.4. The van der Waals surface area contributed by atoms with Gasteiger partial charge in [0.15, 0.2) is 6.10 Å². The van der Waals surface area contributed by atoms with Gasteiger partial charge in [0, 0.05) is 11.5 Å². The van der Waals surface area contributed by atoms with E-state index < -0.39 is 6.10 Å². The molecule has 1 fully saturated rings. The van der Waals surface area contributed by atoms with Crippen LogP contribution in [0.3, 0.4) is 0 Å². The molecule has 2 heterocycles. The summed E-state index contributed by atoms with van der Waals surface area (Å²) >= 11 is 0. The fraction of sp³-hybridized carbons (Fsp3) is 0.750. The first-order chi connectivity index (χ1) is 10.1. The molecular formula is C16H27N3O3. The lowest BCUT2D eigenvalue weighted by molar-refractivity contribution is -0.142. The van der Waals surface area contributed by atoms with E-state index in [4.69, 9.17) is 9.47 Å². The standard InChI is InChI=1S/C16H27N3O3/c1-15(2,3)12-9-13(19(18-12)16(4,5)6)17-14(20)11-10-21-7-8-22-11/h9,11H,7-8,10H2,1-6H3,(H,17,20)/t11-/m1/s1. The monoisotopic (exact) mass is 309 g/mol. The molecule has 22 heavy (non-hydrogen) atoms. The van der Waals surface area contributed by atoms with Crippen molar-refractivity contribution in [2.45, 2.75) is 58.6 Å². The van der Waals surface area contributed by atoms with Gasteiger partial charge in [0.2, 0.25) is 0 Å². The number of carbonyl (C=O) groups is 1. The van der Waals surface area contributed by atoms with Crippen LogP contribution in [0.2, 0.25) is 0 Å². The van der Waals surface area contributed by atoms with Crippen molar-refractivity contribution in [3.05, 3.63) is 11.8 Å². The first kappa shape index (κ1) is 17.0. The average molecular weight is 309 g/mol. The fourth-order valence-corrected chi connectivity index (χ4v) is 2.19. The molecule has 0 radical (unpaired) electrons. The Morgan fingerprint density at radius 3 is 2.45 bits per heavy atom. The van der Waals surface area contributed by atoms with Crippen LogP contribution in [0.1, 0.15) is 47.2 Å². The molecule has 1 aliphatic rings. The SMILES string of the molecule is CC(C)(C)c1cc(NC(=O)[C@H]2COCCO2)n(C(C)(C)C)n1. The Hall–Kier alpha value is -1.40. The predicted molar refractivity (Wildman–Crippen MR) is 85.1 cm³/mol. The number of carbonyl (C=O) groups excluding carboxylic acids is 1. The van der Waals surface area contributed by atoms with Gasteiger partial charge in [-0.2, -0.15) is 5.10 Å². The van der Waals surface area contributed by atoms with Gasteiger partial charge in [-0.25, -0.2) is 4.68 Å². The number of amides is 1. The number of rotatable bonds is 2. The second-order valence-corrected chi connectivity index (χ2v) is 7.67. The molecule has 0 aliphatic carbocycles. The highest BCUT2D eigenvalue weighted by molar-refractivity contribution is 5.93. The van der Waals surface area contributed by atoms with Gasteiger partial charge < -0.3 is 14.8 Å². The molecule has 124 valence electrons. The number of hydrogen-bond donors (Lipinski definition) is 1. The van der Waals surface area contributed by atoms with Crippen LogP contribution in [0.4, 0.5) is 5.82 Å². The summed E-state index contributed by atoms with van der Waals surface area (Å²) in [7, 11) is 0. The van der Waals surface area contributed by atoms with Crippen LogP contribution >= 0.6 is 0 Å². The molecule has 1 atom stereocenters. The minimum absolute atomic E-state index is 0.0829. The van der Waals surface area contributed by atoms with Gasteiger partial charge >= 0.3 is 0 Å². The minimum atomic E-state index is -0.560. The first-order valence-electron chi connectivity index (χ1n) is 7.70. The summed E-state index contributed by atoms with van der Waals surface area (Å²) in [5.74, 6) is 0.502. The maximum absolute atomic E-state index is 12.3. The van der Waals surface area contributed by atoms with Crippen LogP contribution in [-0.4, -0.2) is 41.6 Å². The van der Waals surface area contributed by atoms with Crippen molar-refractivity contribution < 1.29 is 14.3 Å². The lowest BCUT2D eigenvalue weighted by Crippen LogP contribution is -2.40. The Kier molecular flexibility index (Phi) is 4.63. The molecule has 6 nitrogen and oxygen atoms in total. The summed E-state index contributed by atoms with van der Waals surface area (Å²) in [4.78, 5) is 12.3. The summed E-state index contributed by atoms with van der Waals surface area (Å²) in [6.07, 6.45) is -0.560. The second-order valence-electron chi connectivity index (χ2n) is 7.67. The summed E-state index contributed by atoms with van der Waals surface area (Å²) in [6.45, 7) is 13.8. The second kappa shape index (κ2) is 6.01. The lowest BCUT2D eigenvalue weighted by atomic mass is 9.92. The van der Waals surface area contributed by atoms with Gasteiger partial charge in [-0.1, -0.05) is 20.8 Å². The Morgan fingerprint density at radius 2 is 1.95 bits per heavy atom. The van der Waals surface area contributed by atoms with E-state index in [2.05, 4.69) is 52.0 Å². The lowest BCUT2D eigenvalue weighted by Gasteiger charge is -2.25. The smallest absolute Gasteiger partial charge is 0.257 e. The molecule has 1 aliphatic heterocycles. The topological polar surface area (TPSA) is 65.4 Å². The van der Waals surface area contributed by atoms with E-state index in [1.165, 1.54) is 0 Å². The molecule has 1 saturated heterocycles. The molecule has 2 rings (SSSR count). The number of anilines is 1. The van der Waals surface area contributed by atoms with Crippen LogP contribution in [0, 0.1) is 0 Å². The molecule has 1 amide bonds. The van der Waals surface area contributed by atoms with E-state index in [1.807, 2.05) is 10.7 Å². The summed E-state index contributed by atoms with van der Waals surface area (Å²) in [5.41, 5.74) is 0.634. The molecule has 0 aromatic carbocycles. The van der Waals surface area contributed by atoms with E-state index >= 15 is 0 Å². The quantitative estimate of drug-likeness (QED) is 0.910. The normalized spacial score (nSPS) is 20.0. The third kappa shape index (κ3) is 3.87. The van der Waals surface area contributed by atoms with E-state index in [9.17, 15) is 4.79 Å². The van der Waals surface area contributed by atoms with Gasteiger partial charge in [-0.05, 0) is 20.8 Å². The number of nitrogens with one attached hydrogen (secondary N) is 1. The average Bonchev–Trinajstić information content (AvgIpc) is 2.83. The van der Waals surface area contributed by atoms with Crippen molar-refractivity contribution in [1.82, 2.24) is 9.78 Å². The highest BCUT2D eigenvalue weighted by atomic mass is 16.6. The Labute approximate surface area is 132 Å². The molecule has 1 aromatic rings. The molecule has 0 saturated carbocycles. The minimum Gasteiger partial charge on any atom is -0.376 e. The van der Waals surface area contributed by atoms with E-state index in [0.717, 1.165) is 5.69 Å². The third-order valence-electron chi connectivity index (χ3n) is 3.47. The highest BCUT2D eigenvalue weighted by Crippen LogP contribution is 2.28. The summed E-state index contributed by atoms with van der Waals surface area (Å²) in [5, 5.41) is 7.62. The maximum Gasteiger partial charge on any atom is 0.257 e. The maximum atomic E-state index is 12.3. The molecule has 0 spiro atoms. The van der Waals surface area contributed by atoms with Gasteiger partial charge in [0.1, 0.15) is 5.82 Å². The van der Waals surface area contributed by atoms with Crippen molar-refractivity contribution in [1.29, 1.82) is 0 Å². The largest absolute Gasteiger partial charge is 0.376 e. The van der Waals surface area contributed by atoms with E-state index in [0.29, 0.717) is 25.6 Å². The fourth-order valence-electron chi connectivity index (χ4n) is 2.19. The molecule has 1 N–H and O–H groups in total. The molecule has 1 aromatic heterocycles. The molecule has 0 bridgehead atoms. The van der Waals surface area contributed by atoms with Gasteiger partial charge in [0.25, 0.3) is 5.91 Å². The van der Waals surface area contributed by atoms with Crippen LogP contribution < -0.4 is 5.32 Å². The van der Waals surface area contributed by atoms with Crippen LogP contribution in [0.15, 0.2) is 6.07 Å². The predicted octanol–water partition coefficient (Wildman–Crippen LogP) is 2.29. The van der Waals surface area contributed by atoms with Crippen molar-refractivity contribution in [2.75, 3.05) is 25.1 Å². The molecular weight excluding hydrogens is 282 g/mol. The van der Waals surface area contributed by atoms with Crippen LogP contribution in [0.25, 0.3) is 0 Å². The number of ether oxygens (including phenoxy) is 2. The number of nitrogens with zero attached hydrogens (tertiary/aromatic N) is 2. The summed E-state index contributed by atoms with van der Waals surface area (Å²) in [6, 6.07) is 1.94. The Balaban J connectivity index is 2.25. The van der Waals surface area contributed by atoms with Crippen LogP contribution in [0.5, 0.6) is 0 Å². The Morgan fingerprint density at radius 1 is 1.27 bits per heavy atom. The van der Waals surface area contributed by atoms with Crippen molar-refractivity contribution in [2.24, 2.45) is 0 Å². The highest BCUT2D eigenvalue weighted by Gasteiger charge is 2.28.